The summed E-state index contributed by atoms with van der Waals surface area (Å²) in [7, 11) is -3.66. The number of carbonyl (C=O) groups excluding carboxylic acids is 1. The van der Waals surface area contributed by atoms with Gasteiger partial charge in [-0.05, 0) is 6.42 Å². The Labute approximate surface area is 105 Å². The highest BCUT2D eigenvalue weighted by molar-refractivity contribution is 7.48. The Hall–Kier alpha value is -1.42. The first-order valence-electron chi connectivity index (χ1n) is 5.48. The summed E-state index contributed by atoms with van der Waals surface area (Å²) in [4.78, 5) is 11.9. The zero-order valence-electron chi connectivity index (χ0n) is 9.70. The minimum atomic E-state index is -3.66. The molecule has 1 fully saturated rings. The molecule has 0 radical (unpaired) electrons. The second-order valence-electron chi connectivity index (χ2n) is 3.68. The van der Waals surface area contributed by atoms with Gasteiger partial charge in [-0.3, -0.25) is 13.8 Å². The Morgan fingerprint density at radius 1 is 1.22 bits per heavy atom. The van der Waals surface area contributed by atoms with Gasteiger partial charge in [0, 0.05) is 5.56 Å². The Balaban J connectivity index is 2.04. The van der Waals surface area contributed by atoms with Crippen molar-refractivity contribution in [2.45, 2.75) is 6.42 Å². The highest BCUT2D eigenvalue weighted by atomic mass is 31.2. The van der Waals surface area contributed by atoms with E-state index >= 15 is 0 Å². The maximum absolute atomic E-state index is 11.9. The molecule has 1 aromatic carbocycles. The van der Waals surface area contributed by atoms with Gasteiger partial charge in [-0.1, -0.05) is 36.9 Å². The molecule has 96 valence electrons. The lowest BCUT2D eigenvalue weighted by Crippen LogP contribution is -2.12. The van der Waals surface area contributed by atoms with Gasteiger partial charge in [0.2, 0.25) is 5.78 Å². The van der Waals surface area contributed by atoms with E-state index in [1.165, 1.54) is 0 Å². The van der Waals surface area contributed by atoms with Crippen molar-refractivity contribution in [1.82, 2.24) is 0 Å². The first-order valence-corrected chi connectivity index (χ1v) is 6.94. The highest BCUT2D eigenvalue weighted by Crippen LogP contribution is 2.53. The molecule has 6 heteroatoms. The van der Waals surface area contributed by atoms with Crippen LogP contribution in [0.15, 0.2) is 42.7 Å². The van der Waals surface area contributed by atoms with E-state index in [1.807, 2.05) is 0 Å². The van der Waals surface area contributed by atoms with Gasteiger partial charge in [0.15, 0.2) is 5.76 Å². The van der Waals surface area contributed by atoms with Crippen LogP contribution in [0.25, 0.3) is 0 Å². The van der Waals surface area contributed by atoms with E-state index in [0.29, 0.717) is 12.0 Å². The van der Waals surface area contributed by atoms with E-state index in [2.05, 4.69) is 6.58 Å². The molecule has 0 amide bonds. The molecule has 0 atom stereocenters. The minimum Gasteiger partial charge on any atom is -0.400 e. The van der Waals surface area contributed by atoms with Gasteiger partial charge in [-0.15, -0.1) is 0 Å². The van der Waals surface area contributed by atoms with Crippen LogP contribution < -0.4 is 0 Å². The maximum Gasteiger partial charge on any atom is 0.530 e. The molecule has 0 saturated carbocycles. The molecule has 1 aliphatic rings. The van der Waals surface area contributed by atoms with E-state index < -0.39 is 13.6 Å². The van der Waals surface area contributed by atoms with Crippen LogP contribution in [-0.4, -0.2) is 19.0 Å². The first-order chi connectivity index (χ1) is 8.61. The fourth-order valence-corrected chi connectivity index (χ4v) is 2.67. The second-order valence-corrected chi connectivity index (χ2v) is 5.27. The number of Topliss-reactive ketones (excluding diaryl/α,β-unsaturated/α-hetero) is 1. The predicted octanol–water partition coefficient (Wildman–Crippen LogP) is 2.94. The average molecular weight is 268 g/mol. The lowest BCUT2D eigenvalue weighted by atomic mass is 10.1. The van der Waals surface area contributed by atoms with Crippen LogP contribution in [0.1, 0.15) is 16.8 Å². The van der Waals surface area contributed by atoms with Gasteiger partial charge >= 0.3 is 7.82 Å². The zero-order valence-corrected chi connectivity index (χ0v) is 10.6. The third-order valence-electron chi connectivity index (χ3n) is 2.30. The molecule has 0 bridgehead atoms. The van der Waals surface area contributed by atoms with Crippen molar-refractivity contribution in [2.75, 3.05) is 13.2 Å². The van der Waals surface area contributed by atoms with Crippen molar-refractivity contribution in [3.05, 3.63) is 48.2 Å². The summed E-state index contributed by atoms with van der Waals surface area (Å²) < 4.78 is 26.7. The van der Waals surface area contributed by atoms with Crippen LogP contribution in [0, 0.1) is 0 Å². The Morgan fingerprint density at radius 2 is 1.83 bits per heavy atom. The van der Waals surface area contributed by atoms with Crippen LogP contribution in [0.3, 0.4) is 0 Å². The molecule has 0 aliphatic carbocycles. The molecule has 0 N–H and O–H groups in total. The van der Waals surface area contributed by atoms with E-state index in [4.69, 9.17) is 13.6 Å². The van der Waals surface area contributed by atoms with Crippen LogP contribution in [0.4, 0.5) is 0 Å². The maximum atomic E-state index is 11.9. The number of hydrogen-bond donors (Lipinski definition) is 0. The Morgan fingerprint density at radius 3 is 2.44 bits per heavy atom. The quantitative estimate of drug-likeness (QED) is 0.363. The van der Waals surface area contributed by atoms with Gasteiger partial charge < -0.3 is 4.52 Å². The SMILES string of the molecule is C=C(OP1(=O)OCCCO1)C(=O)c1ccccc1. The topological polar surface area (TPSA) is 61.8 Å². The predicted molar refractivity (Wildman–Crippen MR) is 65.1 cm³/mol. The summed E-state index contributed by atoms with van der Waals surface area (Å²) in [6.45, 7) is 4.03. The van der Waals surface area contributed by atoms with Gasteiger partial charge in [0.05, 0.1) is 13.2 Å². The summed E-state index contributed by atoms with van der Waals surface area (Å²) in [5, 5.41) is 0. The molecule has 0 unspecified atom stereocenters. The molecule has 1 aromatic rings. The van der Waals surface area contributed by atoms with Gasteiger partial charge in [0.25, 0.3) is 0 Å². The van der Waals surface area contributed by atoms with Crippen LogP contribution in [0.2, 0.25) is 0 Å². The molecule has 0 spiro atoms. The van der Waals surface area contributed by atoms with E-state index in [1.54, 1.807) is 30.3 Å². The van der Waals surface area contributed by atoms with Crippen LogP contribution >= 0.6 is 7.82 Å². The van der Waals surface area contributed by atoms with Gasteiger partial charge in [-0.2, -0.15) is 0 Å². The van der Waals surface area contributed by atoms with Crippen LogP contribution in [-0.2, 0) is 18.1 Å². The van der Waals surface area contributed by atoms with Crippen molar-refractivity contribution < 1.29 is 22.9 Å². The standard InChI is InChI=1S/C12H13O5P/c1-10(12(13)11-6-3-2-4-7-11)17-18(14)15-8-5-9-16-18/h2-4,6-7H,1,5,8-9H2. The van der Waals surface area contributed by atoms with E-state index in [0.717, 1.165) is 0 Å². The van der Waals surface area contributed by atoms with Crippen molar-refractivity contribution in [1.29, 1.82) is 0 Å². The lowest BCUT2D eigenvalue weighted by Gasteiger charge is -2.22. The smallest absolute Gasteiger partial charge is 0.400 e. The number of benzene rings is 1. The van der Waals surface area contributed by atoms with Crippen LogP contribution in [0.5, 0.6) is 0 Å². The first kappa shape index (κ1) is 13.0. The summed E-state index contributed by atoms with van der Waals surface area (Å²) in [6, 6.07) is 8.47. The van der Waals surface area contributed by atoms with Crippen molar-refractivity contribution in [3.8, 4) is 0 Å². The Bertz CT molecular complexity index is 486. The molecule has 1 saturated heterocycles. The number of carbonyl (C=O) groups is 1. The van der Waals surface area contributed by atoms with E-state index in [-0.39, 0.29) is 19.0 Å². The number of allylic oxidation sites excluding steroid dienone is 1. The second kappa shape index (κ2) is 5.48. The molecule has 0 aromatic heterocycles. The Kier molecular flexibility index (Phi) is 3.97. The molecule has 1 heterocycles. The molecule has 5 nitrogen and oxygen atoms in total. The summed E-state index contributed by atoms with van der Waals surface area (Å²) in [6.07, 6.45) is 0.645. The third kappa shape index (κ3) is 3.07. The summed E-state index contributed by atoms with van der Waals surface area (Å²) >= 11 is 0. The highest BCUT2D eigenvalue weighted by Gasteiger charge is 2.33. The number of phosphoric acid groups is 1. The number of rotatable bonds is 4. The fraction of sp³-hybridized carbons (Fsp3) is 0.250. The zero-order chi connectivity index (χ0) is 13.0. The molecule has 2 rings (SSSR count). The van der Waals surface area contributed by atoms with Crippen molar-refractivity contribution in [2.24, 2.45) is 0 Å². The number of phosphoric ester groups is 1. The normalized spacial score (nSPS) is 18.0. The number of hydrogen-bond acceptors (Lipinski definition) is 5. The molecular formula is C12H13O5P. The lowest BCUT2D eigenvalue weighted by molar-refractivity contribution is 0.0794. The molecular weight excluding hydrogens is 255 g/mol. The number of ketones is 1. The van der Waals surface area contributed by atoms with E-state index in [9.17, 15) is 9.36 Å². The van der Waals surface area contributed by atoms with Crippen molar-refractivity contribution in [3.63, 3.8) is 0 Å². The van der Waals surface area contributed by atoms with Gasteiger partial charge in [-0.25, -0.2) is 4.57 Å². The van der Waals surface area contributed by atoms with Crippen molar-refractivity contribution >= 4 is 13.6 Å². The fourth-order valence-electron chi connectivity index (χ4n) is 1.43. The molecule has 18 heavy (non-hydrogen) atoms. The van der Waals surface area contributed by atoms with Gasteiger partial charge in [0.1, 0.15) is 0 Å². The third-order valence-corrected chi connectivity index (χ3v) is 3.74. The summed E-state index contributed by atoms with van der Waals surface area (Å²) in [5.74, 6) is -0.685. The monoisotopic (exact) mass is 268 g/mol. The summed E-state index contributed by atoms with van der Waals surface area (Å²) in [5.41, 5.74) is 0.408. The molecule has 1 aliphatic heterocycles. The largest absolute Gasteiger partial charge is 0.530 e. The average Bonchev–Trinajstić information content (AvgIpc) is 2.39. The minimum absolute atomic E-state index is 0.244.